The molecule has 1 saturated heterocycles. The van der Waals surface area contributed by atoms with Crippen LogP contribution in [0, 0.1) is 0 Å². The summed E-state index contributed by atoms with van der Waals surface area (Å²) < 4.78 is 39.6. The molecule has 6 aromatic rings. The van der Waals surface area contributed by atoms with Gasteiger partial charge in [-0.1, -0.05) is 145 Å². The first-order valence-electron chi connectivity index (χ1n) is 19.3. The van der Waals surface area contributed by atoms with Crippen molar-refractivity contribution in [2.24, 2.45) is 5.16 Å². The summed E-state index contributed by atoms with van der Waals surface area (Å²) in [5.74, 6) is -0.705. The number of carbonyl (C=O) groups excluding carboxylic acids is 1. The second-order valence-electron chi connectivity index (χ2n) is 13.9. The molecule has 1 aromatic heterocycles. The summed E-state index contributed by atoms with van der Waals surface area (Å²) in [5, 5.41) is 14.3. The van der Waals surface area contributed by atoms with Gasteiger partial charge < -0.3 is 38.6 Å². The van der Waals surface area contributed by atoms with Gasteiger partial charge in [-0.2, -0.15) is 0 Å². The van der Waals surface area contributed by atoms with Crippen LogP contribution in [0.4, 0.5) is 0 Å². The summed E-state index contributed by atoms with van der Waals surface area (Å²) in [5.41, 5.74) is 6.04. The Bertz CT molecular complexity index is 2160. The third-order valence-electron chi connectivity index (χ3n) is 9.99. The molecule has 0 unspecified atom stereocenters. The molecule has 0 radical (unpaired) electrons. The van der Waals surface area contributed by atoms with Crippen LogP contribution in [0.2, 0.25) is 0 Å². The fourth-order valence-corrected chi connectivity index (χ4v) is 7.21. The van der Waals surface area contributed by atoms with Gasteiger partial charge >= 0.3 is 5.97 Å². The predicted octanol–water partition coefficient (Wildman–Crippen LogP) is 8.52. The molecule has 0 saturated carbocycles. The van der Waals surface area contributed by atoms with Crippen LogP contribution in [-0.4, -0.2) is 59.5 Å². The standard InChI is InChI=1S/C47H48N2O8/c1-2-53-47(50)40(49-51)27-38-37-25-15-16-26-39(37)48-42(38)44-46(56-31-36-23-13-6-14-24-36)45(55-30-35-21-11-5-12-22-35)43(54-29-34-19-9-4-10-20-34)41(57-44)32-52-28-33-17-7-3-8-18-33/h3-26,41,43-46,48,51H,2,27-32H2,1H3/b49-40-/t41-,43-,44-,45+,46-/m1/s1. The fraction of sp³-hybridized carbons (Fsp3) is 0.277. The molecule has 0 spiro atoms. The first-order valence-corrected chi connectivity index (χ1v) is 19.3. The molecule has 2 heterocycles. The van der Waals surface area contributed by atoms with E-state index in [1.807, 2.05) is 146 Å². The molecule has 294 valence electrons. The molecule has 7 rings (SSSR count). The highest BCUT2D eigenvalue weighted by Crippen LogP contribution is 2.41. The molecule has 2 N–H and O–H groups in total. The second kappa shape index (κ2) is 20.0. The summed E-state index contributed by atoms with van der Waals surface area (Å²) >= 11 is 0. The maximum atomic E-state index is 13.0. The number of H-pyrrole nitrogens is 1. The number of nitrogens with one attached hydrogen (secondary N) is 1. The normalized spacial score (nSPS) is 19.7. The minimum absolute atomic E-state index is 0.0292. The Morgan fingerprint density at radius 3 is 1.68 bits per heavy atom. The second-order valence-corrected chi connectivity index (χ2v) is 13.9. The van der Waals surface area contributed by atoms with E-state index < -0.39 is 36.5 Å². The fourth-order valence-electron chi connectivity index (χ4n) is 7.21. The van der Waals surface area contributed by atoms with Crippen molar-refractivity contribution in [1.82, 2.24) is 4.98 Å². The molecule has 0 amide bonds. The van der Waals surface area contributed by atoms with Gasteiger partial charge in [0.1, 0.15) is 30.5 Å². The van der Waals surface area contributed by atoms with E-state index in [0.717, 1.165) is 33.2 Å². The Morgan fingerprint density at radius 1 is 0.649 bits per heavy atom. The number of para-hydroxylation sites is 1. The molecule has 1 aliphatic rings. The largest absolute Gasteiger partial charge is 0.461 e. The van der Waals surface area contributed by atoms with Crippen molar-refractivity contribution in [2.75, 3.05) is 13.2 Å². The number of benzene rings is 5. The summed E-state index contributed by atoms with van der Waals surface area (Å²) in [6.07, 6.45) is -3.47. The van der Waals surface area contributed by atoms with Crippen molar-refractivity contribution < 1.29 is 38.4 Å². The van der Waals surface area contributed by atoms with Crippen LogP contribution in [0.5, 0.6) is 0 Å². The molecule has 0 aliphatic carbocycles. The minimum Gasteiger partial charge on any atom is -0.461 e. The average molecular weight is 769 g/mol. The van der Waals surface area contributed by atoms with E-state index in [1.165, 1.54) is 0 Å². The summed E-state index contributed by atoms with van der Waals surface area (Å²) in [4.78, 5) is 16.6. The molecule has 1 aliphatic heterocycles. The van der Waals surface area contributed by atoms with Crippen molar-refractivity contribution in [3.8, 4) is 0 Å². The Kier molecular flexibility index (Phi) is 13.9. The highest BCUT2D eigenvalue weighted by Gasteiger charge is 2.50. The quantitative estimate of drug-likeness (QED) is 0.0387. The molecule has 5 aromatic carbocycles. The minimum atomic E-state index is -0.777. The van der Waals surface area contributed by atoms with Crippen molar-refractivity contribution in [2.45, 2.75) is 70.3 Å². The van der Waals surface area contributed by atoms with Gasteiger partial charge in [-0.05, 0) is 40.8 Å². The summed E-state index contributed by atoms with van der Waals surface area (Å²) in [6, 6.07) is 47.7. The smallest absolute Gasteiger partial charge is 0.356 e. The van der Waals surface area contributed by atoms with E-state index in [2.05, 4.69) is 10.1 Å². The van der Waals surface area contributed by atoms with Crippen LogP contribution < -0.4 is 0 Å². The van der Waals surface area contributed by atoms with Crippen LogP contribution in [-0.2, 0) is 66.1 Å². The van der Waals surface area contributed by atoms with Crippen molar-refractivity contribution in [3.63, 3.8) is 0 Å². The maximum Gasteiger partial charge on any atom is 0.356 e. The third kappa shape index (κ3) is 10.2. The number of aromatic amines is 1. The lowest BCUT2D eigenvalue weighted by atomic mass is 9.90. The number of ether oxygens (including phenoxy) is 6. The molecule has 10 heteroatoms. The number of oxime groups is 1. The topological polar surface area (TPSA) is 121 Å². The van der Waals surface area contributed by atoms with Gasteiger partial charge in [-0.15, -0.1) is 0 Å². The van der Waals surface area contributed by atoms with Crippen molar-refractivity contribution >= 4 is 22.6 Å². The first kappa shape index (κ1) is 39.6. The van der Waals surface area contributed by atoms with Gasteiger partial charge in [0.2, 0.25) is 0 Å². The van der Waals surface area contributed by atoms with Crippen LogP contribution in [0.3, 0.4) is 0 Å². The number of nitrogens with zero attached hydrogens (tertiary/aromatic N) is 1. The van der Waals surface area contributed by atoms with E-state index in [-0.39, 0.29) is 38.6 Å². The van der Waals surface area contributed by atoms with Crippen LogP contribution >= 0.6 is 0 Å². The molecular weight excluding hydrogens is 721 g/mol. The zero-order valence-electron chi connectivity index (χ0n) is 31.9. The number of rotatable bonds is 18. The van der Waals surface area contributed by atoms with Gasteiger partial charge in [0, 0.05) is 17.3 Å². The van der Waals surface area contributed by atoms with Crippen LogP contribution in [0.15, 0.2) is 151 Å². The van der Waals surface area contributed by atoms with E-state index in [1.54, 1.807) is 6.92 Å². The van der Waals surface area contributed by atoms with Crippen LogP contribution in [0.25, 0.3) is 10.9 Å². The molecule has 1 fully saturated rings. The Balaban J connectivity index is 1.33. The number of hydrogen-bond donors (Lipinski definition) is 2. The molecule has 0 bridgehead atoms. The van der Waals surface area contributed by atoms with E-state index in [9.17, 15) is 10.0 Å². The van der Waals surface area contributed by atoms with E-state index in [4.69, 9.17) is 28.4 Å². The monoisotopic (exact) mass is 768 g/mol. The summed E-state index contributed by atoms with van der Waals surface area (Å²) in [7, 11) is 0. The predicted molar refractivity (Wildman–Crippen MR) is 217 cm³/mol. The lowest BCUT2D eigenvalue weighted by molar-refractivity contribution is -0.275. The molecule has 5 atom stereocenters. The Morgan fingerprint density at radius 2 is 1.14 bits per heavy atom. The number of hydrogen-bond acceptors (Lipinski definition) is 9. The lowest BCUT2D eigenvalue weighted by Gasteiger charge is -2.46. The van der Waals surface area contributed by atoms with Gasteiger partial charge in [0.15, 0.2) is 5.71 Å². The molecule has 10 nitrogen and oxygen atoms in total. The average Bonchev–Trinajstić information content (AvgIpc) is 3.63. The SMILES string of the molecule is CCOC(=O)/C(Cc1c([C@H]2O[C@H](COCc3ccccc3)[C@@H](OCc3ccccc3)[C@H](OCc3ccccc3)[C@@H]2OCc2ccccc2)[nH]c2ccccc12)=N\O. The molecular formula is C47H48N2O8. The van der Waals surface area contributed by atoms with Crippen molar-refractivity contribution in [3.05, 3.63) is 179 Å². The lowest BCUT2D eigenvalue weighted by Crippen LogP contribution is -2.58. The highest BCUT2D eigenvalue weighted by atomic mass is 16.6. The maximum absolute atomic E-state index is 13.0. The van der Waals surface area contributed by atoms with Crippen LogP contribution in [0.1, 0.15) is 46.5 Å². The van der Waals surface area contributed by atoms with Gasteiger partial charge in [-0.3, -0.25) is 0 Å². The van der Waals surface area contributed by atoms with Crippen molar-refractivity contribution in [1.29, 1.82) is 0 Å². The van der Waals surface area contributed by atoms with E-state index in [0.29, 0.717) is 24.5 Å². The third-order valence-corrected chi connectivity index (χ3v) is 9.99. The Labute approximate surface area is 333 Å². The highest BCUT2D eigenvalue weighted by molar-refractivity contribution is 6.37. The first-order chi connectivity index (χ1) is 28.1. The zero-order valence-corrected chi connectivity index (χ0v) is 31.9. The number of carbonyl (C=O) groups is 1. The van der Waals surface area contributed by atoms with Gasteiger partial charge in [0.05, 0.1) is 45.3 Å². The Hall–Kier alpha value is -5.62. The number of aromatic nitrogens is 1. The van der Waals surface area contributed by atoms with Gasteiger partial charge in [0.25, 0.3) is 0 Å². The van der Waals surface area contributed by atoms with Gasteiger partial charge in [-0.25, -0.2) is 4.79 Å². The number of fused-ring (bicyclic) bond motifs is 1. The van der Waals surface area contributed by atoms with E-state index >= 15 is 0 Å². The number of esters is 1. The summed E-state index contributed by atoms with van der Waals surface area (Å²) in [6.45, 7) is 3.25. The molecule has 57 heavy (non-hydrogen) atoms. The zero-order chi connectivity index (χ0) is 39.2.